The molecule has 0 spiro atoms. The second-order valence-electron chi connectivity index (χ2n) is 6.13. The number of amides is 2. The van der Waals surface area contributed by atoms with Crippen LogP contribution in [0.25, 0.3) is 0 Å². The summed E-state index contributed by atoms with van der Waals surface area (Å²) < 4.78 is 5.79. The summed E-state index contributed by atoms with van der Waals surface area (Å²) >= 11 is 0. The molecule has 0 bridgehead atoms. The van der Waals surface area contributed by atoms with Crippen LogP contribution in [0.15, 0.2) is 24.3 Å². The van der Waals surface area contributed by atoms with Gasteiger partial charge in [0.1, 0.15) is 0 Å². The molecule has 0 saturated carbocycles. The van der Waals surface area contributed by atoms with Crippen LogP contribution >= 0.6 is 0 Å². The third-order valence-corrected chi connectivity index (χ3v) is 3.40. The first-order chi connectivity index (χ1) is 9.77. The van der Waals surface area contributed by atoms with Crippen LogP contribution in [0.5, 0.6) is 0 Å². The zero-order valence-electron chi connectivity index (χ0n) is 13.0. The lowest BCUT2D eigenvalue weighted by Gasteiger charge is -2.41. The number of carbonyl (C=O) groups excluding carboxylic acids is 2. The summed E-state index contributed by atoms with van der Waals surface area (Å²) in [6.07, 6.45) is 0.0135. The lowest BCUT2D eigenvalue weighted by Crippen LogP contribution is -2.54. The minimum atomic E-state index is -0.340. The van der Waals surface area contributed by atoms with Crippen molar-refractivity contribution in [1.29, 1.82) is 0 Å². The molecule has 5 nitrogen and oxygen atoms in total. The molecule has 114 valence electrons. The predicted octanol–water partition coefficient (Wildman–Crippen LogP) is 2.92. The lowest BCUT2D eigenvalue weighted by atomic mass is 10.1. The topological polar surface area (TPSA) is 58.6 Å². The SMILES string of the molecule is CC(=O)c1ccc(NC(=O)N2CC(C)OC(C)(C)C2)cc1. The maximum atomic E-state index is 12.3. The molecule has 1 unspecified atom stereocenters. The van der Waals surface area contributed by atoms with E-state index in [1.165, 1.54) is 6.92 Å². The normalized spacial score (nSPS) is 21.0. The summed E-state index contributed by atoms with van der Waals surface area (Å²) in [6.45, 7) is 8.55. The number of rotatable bonds is 2. The van der Waals surface area contributed by atoms with Gasteiger partial charge in [-0.05, 0) is 52.0 Å². The Balaban J connectivity index is 2.02. The van der Waals surface area contributed by atoms with Gasteiger partial charge in [-0.25, -0.2) is 4.79 Å². The Labute approximate surface area is 125 Å². The van der Waals surface area contributed by atoms with Gasteiger partial charge in [-0.2, -0.15) is 0 Å². The van der Waals surface area contributed by atoms with Crippen molar-refractivity contribution in [3.8, 4) is 0 Å². The summed E-state index contributed by atoms with van der Waals surface area (Å²) in [6, 6.07) is 6.76. The second kappa shape index (κ2) is 5.85. The summed E-state index contributed by atoms with van der Waals surface area (Å²) in [5, 5.41) is 2.86. The van der Waals surface area contributed by atoms with E-state index in [-0.39, 0.29) is 23.5 Å². The third kappa shape index (κ3) is 4.04. The zero-order valence-corrected chi connectivity index (χ0v) is 13.0. The number of Topliss-reactive ketones (excluding diaryl/α,β-unsaturated/α-hetero) is 1. The average molecular weight is 290 g/mol. The highest BCUT2D eigenvalue weighted by Gasteiger charge is 2.33. The van der Waals surface area contributed by atoms with Gasteiger partial charge in [0.2, 0.25) is 0 Å². The molecule has 5 heteroatoms. The predicted molar refractivity (Wildman–Crippen MR) is 81.7 cm³/mol. The average Bonchev–Trinajstić information content (AvgIpc) is 2.36. The van der Waals surface area contributed by atoms with Gasteiger partial charge < -0.3 is 15.0 Å². The molecule has 1 N–H and O–H groups in total. The number of ketones is 1. The van der Waals surface area contributed by atoms with E-state index in [1.54, 1.807) is 29.2 Å². The number of hydrogen-bond donors (Lipinski definition) is 1. The van der Waals surface area contributed by atoms with Crippen molar-refractivity contribution in [1.82, 2.24) is 4.90 Å². The second-order valence-corrected chi connectivity index (χ2v) is 6.13. The molecular formula is C16H22N2O3. The Morgan fingerprint density at radius 1 is 1.29 bits per heavy atom. The first-order valence-corrected chi connectivity index (χ1v) is 7.11. The number of carbonyl (C=O) groups is 2. The number of morpholine rings is 1. The first-order valence-electron chi connectivity index (χ1n) is 7.11. The van der Waals surface area contributed by atoms with Crippen LogP contribution in [0.2, 0.25) is 0 Å². The van der Waals surface area contributed by atoms with Crippen LogP contribution in [-0.2, 0) is 4.74 Å². The fourth-order valence-electron chi connectivity index (χ4n) is 2.60. The minimum absolute atomic E-state index is 0.0108. The van der Waals surface area contributed by atoms with Crippen LogP contribution in [0, 0.1) is 0 Å². The molecule has 0 aliphatic carbocycles. The van der Waals surface area contributed by atoms with Crippen molar-refractivity contribution in [3.63, 3.8) is 0 Å². The van der Waals surface area contributed by atoms with E-state index in [0.29, 0.717) is 24.3 Å². The number of nitrogens with zero attached hydrogens (tertiary/aromatic N) is 1. The fraction of sp³-hybridized carbons (Fsp3) is 0.500. The molecule has 1 aliphatic heterocycles. The lowest BCUT2D eigenvalue weighted by molar-refractivity contribution is -0.116. The van der Waals surface area contributed by atoms with Gasteiger partial charge >= 0.3 is 6.03 Å². The van der Waals surface area contributed by atoms with Crippen LogP contribution in [0.4, 0.5) is 10.5 Å². The molecule has 1 aromatic carbocycles. The van der Waals surface area contributed by atoms with E-state index >= 15 is 0 Å². The molecular weight excluding hydrogens is 268 g/mol. The number of hydrogen-bond acceptors (Lipinski definition) is 3. The van der Waals surface area contributed by atoms with E-state index in [9.17, 15) is 9.59 Å². The van der Waals surface area contributed by atoms with Gasteiger partial charge in [-0.15, -0.1) is 0 Å². The Hall–Kier alpha value is -1.88. The Morgan fingerprint density at radius 3 is 2.43 bits per heavy atom. The van der Waals surface area contributed by atoms with Crippen molar-refractivity contribution in [2.45, 2.75) is 39.4 Å². The standard InChI is InChI=1S/C16H22N2O3/c1-11-9-18(10-16(3,4)21-11)15(20)17-14-7-5-13(6-8-14)12(2)19/h5-8,11H,9-10H2,1-4H3,(H,17,20). The molecule has 1 atom stereocenters. The summed E-state index contributed by atoms with van der Waals surface area (Å²) in [5.41, 5.74) is 0.976. The molecule has 21 heavy (non-hydrogen) atoms. The van der Waals surface area contributed by atoms with Gasteiger partial charge in [-0.1, -0.05) is 0 Å². The molecule has 1 aliphatic rings. The van der Waals surface area contributed by atoms with Crippen molar-refractivity contribution < 1.29 is 14.3 Å². The van der Waals surface area contributed by atoms with Crippen LogP contribution in [0.1, 0.15) is 38.1 Å². The summed E-state index contributed by atoms with van der Waals surface area (Å²) in [5.74, 6) is 0.0108. The molecule has 1 fully saturated rings. The monoisotopic (exact) mass is 290 g/mol. The van der Waals surface area contributed by atoms with Crippen molar-refractivity contribution in [2.75, 3.05) is 18.4 Å². The maximum Gasteiger partial charge on any atom is 0.322 e. The molecule has 2 amide bonds. The Morgan fingerprint density at radius 2 is 1.90 bits per heavy atom. The molecule has 1 heterocycles. The van der Waals surface area contributed by atoms with E-state index < -0.39 is 0 Å². The smallest absolute Gasteiger partial charge is 0.322 e. The fourth-order valence-corrected chi connectivity index (χ4v) is 2.60. The minimum Gasteiger partial charge on any atom is -0.369 e. The van der Waals surface area contributed by atoms with E-state index in [2.05, 4.69) is 5.32 Å². The largest absolute Gasteiger partial charge is 0.369 e. The van der Waals surface area contributed by atoms with E-state index in [1.807, 2.05) is 20.8 Å². The highest BCUT2D eigenvalue weighted by Crippen LogP contribution is 2.21. The number of benzene rings is 1. The van der Waals surface area contributed by atoms with Gasteiger partial charge in [0.15, 0.2) is 5.78 Å². The number of nitrogens with one attached hydrogen (secondary N) is 1. The van der Waals surface area contributed by atoms with Crippen molar-refractivity contribution >= 4 is 17.5 Å². The van der Waals surface area contributed by atoms with Crippen molar-refractivity contribution in [2.24, 2.45) is 0 Å². The molecule has 1 aromatic rings. The quantitative estimate of drug-likeness (QED) is 0.852. The van der Waals surface area contributed by atoms with Gasteiger partial charge in [0.05, 0.1) is 18.2 Å². The number of urea groups is 1. The molecule has 0 aromatic heterocycles. The van der Waals surface area contributed by atoms with E-state index in [0.717, 1.165) is 0 Å². The molecule has 0 radical (unpaired) electrons. The molecule has 1 saturated heterocycles. The number of ether oxygens (including phenoxy) is 1. The Kier molecular flexibility index (Phi) is 4.32. The van der Waals surface area contributed by atoms with Gasteiger partial charge in [0.25, 0.3) is 0 Å². The van der Waals surface area contributed by atoms with Gasteiger partial charge in [-0.3, -0.25) is 4.79 Å². The third-order valence-electron chi connectivity index (χ3n) is 3.40. The summed E-state index contributed by atoms with van der Waals surface area (Å²) in [4.78, 5) is 25.3. The summed E-state index contributed by atoms with van der Waals surface area (Å²) in [7, 11) is 0. The highest BCUT2D eigenvalue weighted by molar-refractivity contribution is 5.95. The molecule has 2 rings (SSSR count). The first kappa shape index (κ1) is 15.5. The van der Waals surface area contributed by atoms with Gasteiger partial charge in [0, 0.05) is 17.8 Å². The van der Waals surface area contributed by atoms with Crippen molar-refractivity contribution in [3.05, 3.63) is 29.8 Å². The van der Waals surface area contributed by atoms with E-state index in [4.69, 9.17) is 4.74 Å². The zero-order chi connectivity index (χ0) is 15.6. The van der Waals surface area contributed by atoms with Crippen LogP contribution in [-0.4, -0.2) is 41.5 Å². The van der Waals surface area contributed by atoms with Crippen LogP contribution in [0.3, 0.4) is 0 Å². The van der Waals surface area contributed by atoms with Crippen LogP contribution < -0.4 is 5.32 Å². The highest BCUT2D eigenvalue weighted by atomic mass is 16.5. The number of anilines is 1. The Bertz CT molecular complexity index is 537. The maximum absolute atomic E-state index is 12.3.